The van der Waals surface area contributed by atoms with Gasteiger partial charge < -0.3 is 14.1 Å². The highest BCUT2D eigenvalue weighted by atomic mass is 16.5. The third kappa shape index (κ3) is 3.97. The zero-order chi connectivity index (χ0) is 21.3. The molecule has 2 heterocycles. The Morgan fingerprint density at radius 1 is 1.00 bits per heavy atom. The van der Waals surface area contributed by atoms with Gasteiger partial charge in [-0.25, -0.2) is 0 Å². The van der Waals surface area contributed by atoms with E-state index in [1.807, 2.05) is 62.1 Å². The van der Waals surface area contributed by atoms with E-state index in [2.05, 4.69) is 0 Å². The molecular weight excluding hydrogens is 378 g/mol. The van der Waals surface area contributed by atoms with Gasteiger partial charge in [-0.1, -0.05) is 35.9 Å². The molecule has 1 aliphatic rings. The molecule has 0 spiro atoms. The average Bonchev–Trinajstić information content (AvgIpc) is 2.73. The fraction of sp³-hybridized carbons (Fsp3) is 0.360. The maximum Gasteiger partial charge on any atom is 0.260 e. The van der Waals surface area contributed by atoms with E-state index in [0.29, 0.717) is 16.7 Å². The van der Waals surface area contributed by atoms with Crippen molar-refractivity contribution < 1.29 is 13.9 Å². The second-order valence-corrected chi connectivity index (χ2v) is 8.14. The minimum Gasteiger partial charge on any atom is -0.476 e. The molecule has 1 aromatic heterocycles. The topological polar surface area (TPSA) is 59.8 Å². The van der Waals surface area contributed by atoms with Crippen molar-refractivity contribution in [1.29, 1.82) is 0 Å². The number of aryl methyl sites for hydroxylation is 3. The van der Waals surface area contributed by atoms with Crippen molar-refractivity contribution >= 4 is 16.9 Å². The summed E-state index contributed by atoms with van der Waals surface area (Å²) in [6.07, 6.45) is 3.17. The van der Waals surface area contributed by atoms with Crippen molar-refractivity contribution in [2.24, 2.45) is 0 Å². The van der Waals surface area contributed by atoms with E-state index in [9.17, 15) is 9.59 Å². The number of hydrogen-bond acceptors (Lipinski definition) is 4. The zero-order valence-electron chi connectivity index (χ0n) is 17.8. The minimum atomic E-state index is -0.240. The number of carbonyl (C=O) groups is 1. The summed E-state index contributed by atoms with van der Waals surface area (Å²) < 4.78 is 12.1. The first kappa shape index (κ1) is 20.2. The van der Waals surface area contributed by atoms with Crippen molar-refractivity contribution in [3.8, 4) is 17.1 Å². The molecule has 156 valence electrons. The molecule has 2 aromatic carbocycles. The van der Waals surface area contributed by atoms with E-state index in [1.54, 1.807) is 0 Å². The van der Waals surface area contributed by atoms with Crippen LogP contribution in [0.4, 0.5) is 0 Å². The number of ether oxygens (including phenoxy) is 1. The van der Waals surface area contributed by atoms with E-state index in [1.165, 1.54) is 0 Å². The molecule has 0 N–H and O–H groups in total. The van der Waals surface area contributed by atoms with Gasteiger partial charge in [0.2, 0.25) is 11.2 Å². The molecule has 5 heteroatoms. The van der Waals surface area contributed by atoms with Gasteiger partial charge in [-0.05, 0) is 57.2 Å². The smallest absolute Gasteiger partial charge is 0.260 e. The number of amides is 1. The van der Waals surface area contributed by atoms with Crippen molar-refractivity contribution in [2.45, 2.75) is 40.0 Å². The lowest BCUT2D eigenvalue weighted by Gasteiger charge is -2.26. The Kier molecular flexibility index (Phi) is 5.62. The Labute approximate surface area is 176 Å². The van der Waals surface area contributed by atoms with Crippen molar-refractivity contribution in [1.82, 2.24) is 4.90 Å². The maximum absolute atomic E-state index is 13.4. The van der Waals surface area contributed by atoms with Crippen LogP contribution in [0.3, 0.4) is 0 Å². The summed E-state index contributed by atoms with van der Waals surface area (Å²) in [5.41, 5.74) is 4.00. The van der Waals surface area contributed by atoms with E-state index in [4.69, 9.17) is 9.15 Å². The molecule has 1 fully saturated rings. The van der Waals surface area contributed by atoms with Crippen molar-refractivity contribution in [3.05, 3.63) is 63.3 Å². The van der Waals surface area contributed by atoms with E-state index < -0.39 is 0 Å². The minimum absolute atomic E-state index is 0.0929. The third-order valence-corrected chi connectivity index (χ3v) is 5.66. The molecule has 3 aromatic rings. The number of carbonyl (C=O) groups excluding carboxylic acids is 1. The second kappa shape index (κ2) is 8.34. The molecular formula is C25H27NO4. The van der Waals surface area contributed by atoms with Crippen LogP contribution in [0.5, 0.6) is 5.75 Å². The lowest BCUT2D eigenvalue weighted by Crippen LogP contribution is -2.39. The molecule has 0 atom stereocenters. The van der Waals surface area contributed by atoms with Gasteiger partial charge in [0.1, 0.15) is 5.58 Å². The summed E-state index contributed by atoms with van der Waals surface area (Å²) in [5.74, 6) is 0.372. The van der Waals surface area contributed by atoms with Crippen LogP contribution in [0.25, 0.3) is 22.3 Å². The van der Waals surface area contributed by atoms with Gasteiger partial charge >= 0.3 is 0 Å². The van der Waals surface area contributed by atoms with E-state index in [-0.39, 0.29) is 23.7 Å². The van der Waals surface area contributed by atoms with Gasteiger partial charge in [-0.3, -0.25) is 9.59 Å². The first-order chi connectivity index (χ1) is 14.4. The lowest BCUT2D eigenvalue weighted by molar-refractivity contribution is -0.134. The van der Waals surface area contributed by atoms with Crippen molar-refractivity contribution in [2.75, 3.05) is 19.7 Å². The van der Waals surface area contributed by atoms with Crippen LogP contribution >= 0.6 is 0 Å². The fourth-order valence-corrected chi connectivity index (χ4v) is 4.07. The maximum atomic E-state index is 13.4. The first-order valence-electron chi connectivity index (χ1n) is 10.5. The number of likely N-dealkylation sites (tertiary alicyclic amines) is 1. The Hall–Kier alpha value is -3.08. The molecule has 1 aliphatic heterocycles. The fourth-order valence-electron chi connectivity index (χ4n) is 4.07. The number of fused-ring (bicyclic) bond motifs is 1. The highest BCUT2D eigenvalue weighted by molar-refractivity contribution is 5.86. The quantitative estimate of drug-likeness (QED) is 0.627. The largest absolute Gasteiger partial charge is 0.476 e. The molecule has 0 saturated carbocycles. The van der Waals surface area contributed by atoms with E-state index in [0.717, 1.165) is 54.6 Å². The van der Waals surface area contributed by atoms with E-state index >= 15 is 0 Å². The summed E-state index contributed by atoms with van der Waals surface area (Å²) in [4.78, 5) is 27.8. The van der Waals surface area contributed by atoms with Gasteiger partial charge in [0.15, 0.2) is 12.4 Å². The highest BCUT2D eigenvalue weighted by Crippen LogP contribution is 2.32. The van der Waals surface area contributed by atoms with Gasteiger partial charge in [-0.2, -0.15) is 0 Å². The van der Waals surface area contributed by atoms with Gasteiger partial charge in [0.25, 0.3) is 5.91 Å². The van der Waals surface area contributed by atoms with Crippen LogP contribution in [0, 0.1) is 20.8 Å². The van der Waals surface area contributed by atoms with Crippen LogP contribution in [0.1, 0.15) is 36.0 Å². The Bertz CT molecular complexity index is 1140. The standard InChI is InChI=1S/C25H27NO4/c1-16-7-9-19(10-8-16)24-25(29-15-21(27)26-11-5-4-6-12-26)23(28)22-18(3)13-17(2)14-20(22)30-24/h7-10,13-14H,4-6,11-12,15H2,1-3H3. The highest BCUT2D eigenvalue weighted by Gasteiger charge is 2.22. The lowest BCUT2D eigenvalue weighted by atomic mass is 10.0. The number of hydrogen-bond donors (Lipinski definition) is 0. The number of nitrogens with zero attached hydrogens (tertiary/aromatic N) is 1. The number of piperidine rings is 1. The van der Waals surface area contributed by atoms with Crippen LogP contribution in [0.2, 0.25) is 0 Å². The van der Waals surface area contributed by atoms with Crippen LogP contribution < -0.4 is 10.2 Å². The Morgan fingerprint density at radius 3 is 2.40 bits per heavy atom. The van der Waals surface area contributed by atoms with Crippen molar-refractivity contribution in [3.63, 3.8) is 0 Å². The molecule has 1 amide bonds. The molecule has 4 rings (SSSR count). The molecule has 30 heavy (non-hydrogen) atoms. The predicted octanol–water partition coefficient (Wildman–Crippen LogP) is 4.78. The Morgan fingerprint density at radius 2 is 1.70 bits per heavy atom. The molecule has 0 aliphatic carbocycles. The van der Waals surface area contributed by atoms with Gasteiger partial charge in [0, 0.05) is 18.7 Å². The zero-order valence-corrected chi connectivity index (χ0v) is 17.8. The monoisotopic (exact) mass is 405 g/mol. The summed E-state index contributed by atoms with van der Waals surface area (Å²) in [5, 5.41) is 0.497. The molecule has 1 saturated heterocycles. The normalized spacial score (nSPS) is 14.2. The molecule has 0 unspecified atom stereocenters. The summed E-state index contributed by atoms with van der Waals surface area (Å²) in [7, 11) is 0. The predicted molar refractivity (Wildman–Crippen MR) is 118 cm³/mol. The van der Waals surface area contributed by atoms with Gasteiger partial charge in [-0.15, -0.1) is 0 Å². The average molecular weight is 405 g/mol. The summed E-state index contributed by atoms with van der Waals surface area (Å²) in [6, 6.07) is 11.5. The molecule has 0 radical (unpaired) electrons. The first-order valence-corrected chi connectivity index (χ1v) is 10.5. The van der Waals surface area contributed by atoms with Gasteiger partial charge in [0.05, 0.1) is 5.39 Å². The molecule has 0 bridgehead atoms. The Balaban J connectivity index is 1.78. The summed E-state index contributed by atoms with van der Waals surface area (Å²) >= 11 is 0. The van der Waals surface area contributed by atoms with Crippen LogP contribution in [-0.4, -0.2) is 30.5 Å². The number of benzene rings is 2. The SMILES string of the molecule is Cc1ccc(-c2oc3cc(C)cc(C)c3c(=O)c2OCC(=O)N2CCCCC2)cc1. The number of rotatable bonds is 4. The van der Waals surface area contributed by atoms with Crippen LogP contribution in [-0.2, 0) is 4.79 Å². The molecule has 5 nitrogen and oxygen atoms in total. The second-order valence-electron chi connectivity index (χ2n) is 8.14. The third-order valence-electron chi connectivity index (χ3n) is 5.66. The summed E-state index contributed by atoms with van der Waals surface area (Å²) in [6.45, 7) is 7.19. The van der Waals surface area contributed by atoms with Crippen LogP contribution in [0.15, 0.2) is 45.6 Å².